The van der Waals surface area contributed by atoms with Crippen molar-refractivity contribution in [2.75, 3.05) is 19.6 Å². The number of amides is 3. The molecule has 1 aromatic rings. The third-order valence-electron chi connectivity index (χ3n) is 3.54. The van der Waals surface area contributed by atoms with Crippen LogP contribution in [-0.4, -0.2) is 47.2 Å². The molecule has 1 aliphatic rings. The van der Waals surface area contributed by atoms with Crippen LogP contribution in [-0.2, 0) is 4.79 Å². The van der Waals surface area contributed by atoms with E-state index >= 15 is 0 Å². The monoisotopic (exact) mass is 274 g/mol. The van der Waals surface area contributed by atoms with Gasteiger partial charge in [0.05, 0.1) is 11.1 Å². The van der Waals surface area contributed by atoms with E-state index in [9.17, 15) is 14.4 Å². The van der Waals surface area contributed by atoms with Gasteiger partial charge >= 0.3 is 0 Å². The number of nitrogens with zero attached hydrogens (tertiary/aromatic N) is 2. The molecule has 0 saturated carbocycles. The summed E-state index contributed by atoms with van der Waals surface area (Å²) in [5, 5.41) is 0. The molecule has 5 heteroatoms. The van der Waals surface area contributed by atoms with Crippen molar-refractivity contribution in [3.63, 3.8) is 0 Å². The largest absolute Gasteiger partial charge is 0.343 e. The Hall–Kier alpha value is -2.17. The fraction of sp³-hybridized carbons (Fsp3) is 0.400. The molecule has 0 fully saturated rings. The van der Waals surface area contributed by atoms with Gasteiger partial charge in [-0.3, -0.25) is 19.3 Å². The van der Waals surface area contributed by atoms with Crippen LogP contribution in [0.25, 0.3) is 0 Å². The summed E-state index contributed by atoms with van der Waals surface area (Å²) in [7, 11) is 0. The molecular weight excluding hydrogens is 256 g/mol. The Bertz CT molecular complexity index is 515. The van der Waals surface area contributed by atoms with E-state index in [1.807, 2.05) is 13.8 Å². The SMILES string of the molecule is CCN(CC)C(=O)CCN1C(=O)c2ccccc2C1=O. The number of hydrogen-bond donors (Lipinski definition) is 0. The Morgan fingerprint density at radius 1 is 1.05 bits per heavy atom. The Morgan fingerprint density at radius 3 is 2.00 bits per heavy atom. The third kappa shape index (κ3) is 2.43. The maximum Gasteiger partial charge on any atom is 0.261 e. The molecular formula is C15H18N2O3. The van der Waals surface area contributed by atoms with Crippen molar-refractivity contribution < 1.29 is 14.4 Å². The number of imide groups is 1. The van der Waals surface area contributed by atoms with E-state index in [0.29, 0.717) is 24.2 Å². The van der Waals surface area contributed by atoms with Crippen LogP contribution in [0.4, 0.5) is 0 Å². The molecule has 1 aliphatic heterocycles. The quantitative estimate of drug-likeness (QED) is 0.765. The first-order valence-corrected chi connectivity index (χ1v) is 6.83. The van der Waals surface area contributed by atoms with Crippen LogP contribution in [0.15, 0.2) is 24.3 Å². The summed E-state index contributed by atoms with van der Waals surface area (Å²) in [4.78, 5) is 39.0. The smallest absolute Gasteiger partial charge is 0.261 e. The van der Waals surface area contributed by atoms with E-state index in [1.165, 1.54) is 0 Å². The number of benzene rings is 1. The molecule has 1 heterocycles. The molecule has 0 saturated heterocycles. The van der Waals surface area contributed by atoms with Crippen LogP contribution in [0.3, 0.4) is 0 Å². The van der Waals surface area contributed by atoms with Crippen LogP contribution >= 0.6 is 0 Å². The highest BCUT2D eigenvalue weighted by molar-refractivity contribution is 6.21. The summed E-state index contributed by atoms with van der Waals surface area (Å²) in [6.07, 6.45) is 0.174. The van der Waals surface area contributed by atoms with Gasteiger partial charge in [-0.25, -0.2) is 0 Å². The van der Waals surface area contributed by atoms with Crippen molar-refractivity contribution in [2.24, 2.45) is 0 Å². The minimum absolute atomic E-state index is 0.0356. The number of rotatable bonds is 5. The first-order chi connectivity index (χ1) is 9.60. The number of fused-ring (bicyclic) bond motifs is 1. The second kappa shape index (κ2) is 5.86. The lowest BCUT2D eigenvalue weighted by Crippen LogP contribution is -2.36. The highest BCUT2D eigenvalue weighted by atomic mass is 16.2. The third-order valence-corrected chi connectivity index (χ3v) is 3.54. The summed E-state index contributed by atoms with van der Waals surface area (Å²) in [5.41, 5.74) is 0.848. The maximum absolute atomic E-state index is 12.1. The summed E-state index contributed by atoms with van der Waals surface area (Å²) < 4.78 is 0. The molecule has 2 rings (SSSR count). The highest BCUT2D eigenvalue weighted by Gasteiger charge is 2.35. The normalized spacial score (nSPS) is 13.6. The summed E-state index contributed by atoms with van der Waals surface area (Å²) >= 11 is 0. The van der Waals surface area contributed by atoms with Crippen LogP contribution in [0, 0.1) is 0 Å². The highest BCUT2D eigenvalue weighted by Crippen LogP contribution is 2.22. The Kier molecular flexibility index (Phi) is 4.17. The first kappa shape index (κ1) is 14.2. The lowest BCUT2D eigenvalue weighted by atomic mass is 10.1. The van der Waals surface area contributed by atoms with Crippen molar-refractivity contribution in [1.82, 2.24) is 9.80 Å². The van der Waals surface area contributed by atoms with Crippen molar-refractivity contribution >= 4 is 17.7 Å². The van der Waals surface area contributed by atoms with Gasteiger partial charge in [-0.15, -0.1) is 0 Å². The molecule has 0 unspecified atom stereocenters. The van der Waals surface area contributed by atoms with Crippen molar-refractivity contribution in [3.8, 4) is 0 Å². The molecule has 0 bridgehead atoms. The zero-order valence-electron chi connectivity index (χ0n) is 11.8. The summed E-state index contributed by atoms with van der Waals surface area (Å²) in [6.45, 7) is 5.23. The zero-order valence-corrected chi connectivity index (χ0v) is 11.8. The Balaban J connectivity index is 2.04. The second-order valence-electron chi connectivity index (χ2n) is 4.62. The van der Waals surface area contributed by atoms with E-state index in [1.54, 1.807) is 29.2 Å². The van der Waals surface area contributed by atoms with Crippen LogP contribution in [0.5, 0.6) is 0 Å². The standard InChI is InChI=1S/C15H18N2O3/c1-3-16(4-2)13(18)9-10-17-14(19)11-7-5-6-8-12(11)15(17)20/h5-8H,3-4,9-10H2,1-2H3. The number of carbonyl (C=O) groups is 3. The molecule has 0 radical (unpaired) electrons. The molecule has 106 valence electrons. The average molecular weight is 274 g/mol. The van der Waals surface area contributed by atoms with Crippen molar-refractivity contribution in [1.29, 1.82) is 0 Å². The predicted molar refractivity (Wildman–Crippen MR) is 74.4 cm³/mol. The molecule has 1 aromatic carbocycles. The maximum atomic E-state index is 12.1. The molecule has 3 amide bonds. The van der Waals surface area contributed by atoms with E-state index < -0.39 is 0 Å². The van der Waals surface area contributed by atoms with E-state index in [2.05, 4.69) is 0 Å². The molecule has 0 aromatic heterocycles. The fourth-order valence-electron chi connectivity index (χ4n) is 2.38. The van der Waals surface area contributed by atoms with Crippen LogP contribution in [0.1, 0.15) is 41.0 Å². The fourth-order valence-corrected chi connectivity index (χ4v) is 2.38. The minimum atomic E-state index is -0.307. The number of carbonyl (C=O) groups excluding carboxylic acids is 3. The van der Waals surface area contributed by atoms with E-state index in [4.69, 9.17) is 0 Å². The molecule has 0 N–H and O–H groups in total. The lowest BCUT2D eigenvalue weighted by molar-refractivity contribution is -0.130. The van der Waals surface area contributed by atoms with Gasteiger partial charge < -0.3 is 4.90 Å². The van der Waals surface area contributed by atoms with Gasteiger partial charge in [-0.2, -0.15) is 0 Å². The molecule has 5 nitrogen and oxygen atoms in total. The molecule has 0 spiro atoms. The summed E-state index contributed by atoms with van der Waals surface area (Å²) in [5.74, 6) is -0.651. The molecule has 0 aliphatic carbocycles. The first-order valence-electron chi connectivity index (χ1n) is 6.83. The molecule has 20 heavy (non-hydrogen) atoms. The Morgan fingerprint density at radius 2 is 1.55 bits per heavy atom. The Labute approximate surface area is 118 Å². The minimum Gasteiger partial charge on any atom is -0.343 e. The van der Waals surface area contributed by atoms with Gasteiger partial charge in [0, 0.05) is 26.1 Å². The van der Waals surface area contributed by atoms with Gasteiger partial charge in [-0.1, -0.05) is 12.1 Å². The van der Waals surface area contributed by atoms with Crippen molar-refractivity contribution in [3.05, 3.63) is 35.4 Å². The second-order valence-corrected chi connectivity index (χ2v) is 4.62. The summed E-state index contributed by atoms with van der Waals surface area (Å²) in [6, 6.07) is 6.74. The van der Waals surface area contributed by atoms with Crippen LogP contribution < -0.4 is 0 Å². The average Bonchev–Trinajstić information content (AvgIpc) is 2.71. The van der Waals surface area contributed by atoms with E-state index in [0.717, 1.165) is 4.90 Å². The lowest BCUT2D eigenvalue weighted by Gasteiger charge is -2.20. The predicted octanol–water partition coefficient (Wildman–Crippen LogP) is 1.54. The van der Waals surface area contributed by atoms with E-state index in [-0.39, 0.29) is 30.7 Å². The topological polar surface area (TPSA) is 57.7 Å². The van der Waals surface area contributed by atoms with Gasteiger partial charge in [0.15, 0.2) is 0 Å². The van der Waals surface area contributed by atoms with Crippen LogP contribution in [0.2, 0.25) is 0 Å². The van der Waals surface area contributed by atoms with Gasteiger partial charge in [0.25, 0.3) is 11.8 Å². The van der Waals surface area contributed by atoms with Gasteiger partial charge in [-0.05, 0) is 26.0 Å². The van der Waals surface area contributed by atoms with Crippen molar-refractivity contribution in [2.45, 2.75) is 20.3 Å². The molecule has 0 atom stereocenters. The van der Waals surface area contributed by atoms with Gasteiger partial charge in [0.1, 0.15) is 0 Å². The number of hydrogen-bond acceptors (Lipinski definition) is 3. The van der Waals surface area contributed by atoms with Gasteiger partial charge in [0.2, 0.25) is 5.91 Å². The zero-order chi connectivity index (χ0) is 14.7.